The van der Waals surface area contributed by atoms with E-state index in [1.54, 1.807) is 0 Å². The molecule has 0 fully saturated rings. The number of aryl methyl sites for hydroxylation is 1. The van der Waals surface area contributed by atoms with Crippen LogP contribution in [0.5, 0.6) is 0 Å². The third-order valence-electron chi connectivity index (χ3n) is 5.76. The van der Waals surface area contributed by atoms with E-state index in [4.69, 9.17) is 0 Å². The molecule has 2 aliphatic heterocycles. The maximum Gasteiger partial charge on any atom is 0.278 e. The highest BCUT2D eigenvalue weighted by molar-refractivity contribution is 7.11. The minimum atomic E-state index is -0.184. The Kier molecular flexibility index (Phi) is 4.97. The van der Waals surface area contributed by atoms with Crippen molar-refractivity contribution < 1.29 is 9.59 Å². The van der Waals surface area contributed by atoms with Crippen LogP contribution in [0.1, 0.15) is 22.4 Å². The van der Waals surface area contributed by atoms with Gasteiger partial charge in [0.1, 0.15) is 5.70 Å². The molecule has 3 heterocycles. The first kappa shape index (κ1) is 18.8. The number of anilines is 1. The monoisotopic (exact) mass is 414 g/mol. The topological polar surface area (TPSA) is 40.6 Å². The van der Waals surface area contributed by atoms with Gasteiger partial charge in [0.2, 0.25) is 0 Å². The SMILES string of the molecule is O=C1C(c2cccs2)=C(N2CCCc3ccccc32)C(=O)N1CCc1ccccc1. The minimum absolute atomic E-state index is 0.184. The number of thiophene rings is 1. The van der Waals surface area contributed by atoms with Gasteiger partial charge in [-0.3, -0.25) is 14.5 Å². The van der Waals surface area contributed by atoms with E-state index in [1.165, 1.54) is 21.8 Å². The lowest BCUT2D eigenvalue weighted by atomic mass is 10.00. The highest BCUT2D eigenvalue weighted by Crippen LogP contribution is 2.38. The molecule has 0 unspecified atom stereocenters. The van der Waals surface area contributed by atoms with Crippen molar-refractivity contribution in [3.05, 3.63) is 93.8 Å². The maximum absolute atomic E-state index is 13.6. The first-order chi connectivity index (χ1) is 14.7. The van der Waals surface area contributed by atoms with E-state index in [2.05, 4.69) is 17.0 Å². The molecule has 0 saturated heterocycles. The molecule has 0 saturated carbocycles. The van der Waals surface area contributed by atoms with Gasteiger partial charge in [-0.1, -0.05) is 54.6 Å². The van der Waals surface area contributed by atoms with Crippen LogP contribution in [0.2, 0.25) is 0 Å². The molecule has 5 heteroatoms. The largest absolute Gasteiger partial charge is 0.336 e. The van der Waals surface area contributed by atoms with Crippen LogP contribution in [0.25, 0.3) is 5.57 Å². The first-order valence-corrected chi connectivity index (χ1v) is 11.2. The lowest BCUT2D eigenvalue weighted by Gasteiger charge is -2.32. The Balaban J connectivity index is 1.53. The molecule has 1 aromatic heterocycles. The number of carbonyl (C=O) groups is 2. The summed E-state index contributed by atoms with van der Waals surface area (Å²) in [5.41, 5.74) is 4.46. The van der Waals surface area contributed by atoms with Crippen LogP contribution in [0, 0.1) is 0 Å². The van der Waals surface area contributed by atoms with Crippen LogP contribution in [0.15, 0.2) is 77.8 Å². The molecule has 0 aliphatic carbocycles. The highest BCUT2D eigenvalue weighted by atomic mass is 32.1. The quantitative estimate of drug-likeness (QED) is 0.576. The number of carbonyl (C=O) groups excluding carboxylic acids is 2. The number of hydrogen-bond donors (Lipinski definition) is 0. The van der Waals surface area contributed by atoms with Gasteiger partial charge in [0.05, 0.1) is 5.57 Å². The summed E-state index contributed by atoms with van der Waals surface area (Å²) in [6.07, 6.45) is 2.61. The number of hydrogen-bond acceptors (Lipinski definition) is 4. The van der Waals surface area contributed by atoms with Crippen molar-refractivity contribution in [3.8, 4) is 0 Å². The van der Waals surface area contributed by atoms with Crippen molar-refractivity contribution >= 4 is 34.4 Å². The third-order valence-corrected chi connectivity index (χ3v) is 6.65. The molecule has 0 bridgehead atoms. The number of nitrogens with zero attached hydrogens (tertiary/aromatic N) is 2. The Morgan fingerprint density at radius 2 is 1.67 bits per heavy atom. The van der Waals surface area contributed by atoms with Gasteiger partial charge < -0.3 is 4.90 Å². The fourth-order valence-corrected chi connectivity index (χ4v) is 5.07. The predicted octanol–water partition coefficient (Wildman–Crippen LogP) is 4.52. The number of rotatable bonds is 5. The van der Waals surface area contributed by atoms with Gasteiger partial charge in [0.15, 0.2) is 0 Å². The standard InChI is InChI=1S/C25H22N2O2S/c28-24-22(21-13-7-17-30-21)23(26-15-6-11-19-10-4-5-12-20(19)26)25(29)27(24)16-14-18-8-2-1-3-9-18/h1-5,7-10,12-13,17H,6,11,14-16H2. The Hall–Kier alpha value is -3.18. The van der Waals surface area contributed by atoms with Crippen molar-refractivity contribution in [2.24, 2.45) is 0 Å². The average molecular weight is 415 g/mol. The molecule has 0 atom stereocenters. The summed E-state index contributed by atoms with van der Waals surface area (Å²) in [6, 6.07) is 22.0. The summed E-state index contributed by atoms with van der Waals surface area (Å²) < 4.78 is 0. The Morgan fingerprint density at radius 3 is 2.47 bits per heavy atom. The summed E-state index contributed by atoms with van der Waals surface area (Å²) >= 11 is 1.51. The summed E-state index contributed by atoms with van der Waals surface area (Å²) in [4.78, 5) is 31.3. The Bertz CT molecular complexity index is 1120. The van der Waals surface area contributed by atoms with E-state index in [9.17, 15) is 9.59 Å². The van der Waals surface area contributed by atoms with E-state index in [1.807, 2.05) is 60.0 Å². The number of amides is 2. The van der Waals surface area contributed by atoms with Crippen molar-refractivity contribution in [2.45, 2.75) is 19.3 Å². The maximum atomic E-state index is 13.6. The second-order valence-corrected chi connectivity index (χ2v) is 8.53. The molecule has 5 rings (SSSR count). The fraction of sp³-hybridized carbons (Fsp3) is 0.200. The molecule has 2 amide bonds. The molecule has 3 aromatic rings. The van der Waals surface area contributed by atoms with Gasteiger partial charge in [-0.2, -0.15) is 0 Å². The fourth-order valence-electron chi connectivity index (χ4n) is 4.31. The lowest BCUT2D eigenvalue weighted by molar-refractivity contribution is -0.136. The molecule has 0 N–H and O–H groups in total. The molecule has 4 nitrogen and oxygen atoms in total. The molecular weight excluding hydrogens is 392 g/mol. The first-order valence-electron chi connectivity index (χ1n) is 10.3. The number of imide groups is 1. The van der Waals surface area contributed by atoms with Crippen LogP contribution in [0.4, 0.5) is 5.69 Å². The third kappa shape index (κ3) is 3.25. The van der Waals surface area contributed by atoms with Gasteiger partial charge in [0.25, 0.3) is 11.8 Å². The second-order valence-electron chi connectivity index (χ2n) is 7.58. The minimum Gasteiger partial charge on any atom is -0.336 e. The molecule has 2 aromatic carbocycles. The molecule has 150 valence electrons. The number of para-hydroxylation sites is 1. The van der Waals surface area contributed by atoms with Crippen LogP contribution >= 0.6 is 11.3 Å². The van der Waals surface area contributed by atoms with Crippen molar-refractivity contribution in [3.63, 3.8) is 0 Å². The summed E-state index contributed by atoms with van der Waals surface area (Å²) in [5.74, 6) is -0.368. The van der Waals surface area contributed by atoms with Gasteiger partial charge in [0, 0.05) is 23.7 Å². The van der Waals surface area contributed by atoms with Crippen LogP contribution in [0.3, 0.4) is 0 Å². The zero-order valence-corrected chi connectivity index (χ0v) is 17.4. The Labute approximate surface area is 180 Å². The lowest BCUT2D eigenvalue weighted by Crippen LogP contribution is -2.38. The van der Waals surface area contributed by atoms with E-state index in [-0.39, 0.29) is 11.8 Å². The van der Waals surface area contributed by atoms with Crippen molar-refractivity contribution in [1.29, 1.82) is 0 Å². The number of fused-ring (bicyclic) bond motifs is 1. The van der Waals surface area contributed by atoms with Crippen LogP contribution in [-0.4, -0.2) is 29.8 Å². The van der Waals surface area contributed by atoms with Gasteiger partial charge in [-0.05, 0) is 47.9 Å². The molecule has 0 radical (unpaired) electrons. The zero-order valence-electron chi connectivity index (χ0n) is 16.6. The highest BCUT2D eigenvalue weighted by Gasteiger charge is 2.42. The molecule has 2 aliphatic rings. The molecule has 0 spiro atoms. The van der Waals surface area contributed by atoms with E-state index < -0.39 is 0 Å². The van der Waals surface area contributed by atoms with Crippen molar-refractivity contribution in [2.75, 3.05) is 18.0 Å². The Morgan fingerprint density at radius 1 is 0.867 bits per heavy atom. The second kappa shape index (κ2) is 7.92. The normalized spacial score (nSPS) is 16.4. The van der Waals surface area contributed by atoms with E-state index >= 15 is 0 Å². The smallest absolute Gasteiger partial charge is 0.278 e. The van der Waals surface area contributed by atoms with Gasteiger partial charge >= 0.3 is 0 Å². The number of benzene rings is 2. The average Bonchev–Trinajstić information content (AvgIpc) is 3.39. The van der Waals surface area contributed by atoms with Crippen molar-refractivity contribution in [1.82, 2.24) is 4.90 Å². The van der Waals surface area contributed by atoms with E-state index in [0.29, 0.717) is 24.2 Å². The summed E-state index contributed by atoms with van der Waals surface area (Å²) in [7, 11) is 0. The summed E-state index contributed by atoms with van der Waals surface area (Å²) in [5, 5.41) is 1.95. The van der Waals surface area contributed by atoms with Crippen LogP contribution < -0.4 is 4.90 Å². The summed E-state index contributed by atoms with van der Waals surface area (Å²) in [6.45, 7) is 1.13. The molecule has 30 heavy (non-hydrogen) atoms. The predicted molar refractivity (Wildman–Crippen MR) is 120 cm³/mol. The zero-order chi connectivity index (χ0) is 20.5. The van der Waals surface area contributed by atoms with Gasteiger partial charge in [-0.25, -0.2) is 0 Å². The van der Waals surface area contributed by atoms with Gasteiger partial charge in [-0.15, -0.1) is 11.3 Å². The molecular formula is C25H22N2O2S. The van der Waals surface area contributed by atoms with E-state index in [0.717, 1.165) is 35.5 Å². The van der Waals surface area contributed by atoms with Crippen LogP contribution in [-0.2, 0) is 22.4 Å².